The molecule has 0 atom stereocenters. The number of alkyl halides is 3. The standard InChI is InChI=1S/C15H12F4N2O/c16-12-3-1-2-10(8-12)9-20-14(22)21-13-6-4-11(5-7-13)15(17,18)19/h1-8H,9H2,(H2,20,21,22). The third-order valence-electron chi connectivity index (χ3n) is 2.81. The second kappa shape index (κ2) is 6.46. The van der Waals surface area contributed by atoms with Gasteiger partial charge in [0.25, 0.3) is 0 Å². The van der Waals surface area contributed by atoms with Gasteiger partial charge in [0, 0.05) is 12.2 Å². The number of carbonyl (C=O) groups excluding carboxylic acids is 1. The molecule has 7 heteroatoms. The quantitative estimate of drug-likeness (QED) is 0.821. The van der Waals surface area contributed by atoms with Gasteiger partial charge in [-0.25, -0.2) is 9.18 Å². The Morgan fingerprint density at radius 2 is 1.73 bits per heavy atom. The fraction of sp³-hybridized carbons (Fsp3) is 0.133. The molecule has 2 aromatic carbocycles. The van der Waals surface area contributed by atoms with E-state index in [9.17, 15) is 22.4 Å². The lowest BCUT2D eigenvalue weighted by atomic mass is 10.2. The first-order chi connectivity index (χ1) is 10.3. The topological polar surface area (TPSA) is 41.1 Å². The van der Waals surface area contributed by atoms with E-state index in [1.807, 2.05) is 0 Å². The monoisotopic (exact) mass is 312 g/mol. The van der Waals surface area contributed by atoms with Crippen molar-refractivity contribution in [2.24, 2.45) is 0 Å². The maximum atomic E-state index is 13.0. The van der Waals surface area contributed by atoms with Crippen LogP contribution in [0.25, 0.3) is 0 Å². The van der Waals surface area contributed by atoms with Crippen molar-refractivity contribution in [3.63, 3.8) is 0 Å². The zero-order valence-electron chi connectivity index (χ0n) is 11.2. The van der Waals surface area contributed by atoms with Gasteiger partial charge in [-0.15, -0.1) is 0 Å². The predicted octanol–water partition coefficient (Wildman–Crippen LogP) is 4.17. The van der Waals surface area contributed by atoms with Gasteiger partial charge in [0.2, 0.25) is 0 Å². The van der Waals surface area contributed by atoms with Crippen LogP contribution in [0.15, 0.2) is 48.5 Å². The van der Waals surface area contributed by atoms with Crippen LogP contribution in [-0.2, 0) is 12.7 Å². The average Bonchev–Trinajstić information content (AvgIpc) is 2.45. The molecular formula is C15H12F4N2O. The summed E-state index contributed by atoms with van der Waals surface area (Å²) in [5, 5.41) is 4.87. The van der Waals surface area contributed by atoms with E-state index >= 15 is 0 Å². The van der Waals surface area contributed by atoms with Crippen LogP contribution >= 0.6 is 0 Å². The van der Waals surface area contributed by atoms with Crippen molar-refractivity contribution in [1.29, 1.82) is 0 Å². The van der Waals surface area contributed by atoms with Gasteiger partial charge < -0.3 is 10.6 Å². The van der Waals surface area contributed by atoms with E-state index in [-0.39, 0.29) is 12.2 Å². The van der Waals surface area contributed by atoms with Crippen LogP contribution in [0, 0.1) is 5.82 Å². The molecule has 0 saturated carbocycles. The van der Waals surface area contributed by atoms with Crippen molar-refractivity contribution in [2.45, 2.75) is 12.7 Å². The highest BCUT2D eigenvalue weighted by atomic mass is 19.4. The largest absolute Gasteiger partial charge is 0.416 e. The molecule has 0 aromatic heterocycles. The zero-order valence-corrected chi connectivity index (χ0v) is 11.2. The highest BCUT2D eigenvalue weighted by Gasteiger charge is 2.29. The first-order valence-electron chi connectivity index (χ1n) is 6.31. The summed E-state index contributed by atoms with van der Waals surface area (Å²) in [5.41, 5.74) is 0.00512. The van der Waals surface area contributed by atoms with E-state index in [0.717, 1.165) is 24.3 Å². The van der Waals surface area contributed by atoms with Crippen LogP contribution in [0.2, 0.25) is 0 Å². The molecule has 0 radical (unpaired) electrons. The summed E-state index contributed by atoms with van der Waals surface area (Å²) in [5.74, 6) is -0.414. The van der Waals surface area contributed by atoms with Crippen LogP contribution in [-0.4, -0.2) is 6.03 Å². The number of benzene rings is 2. The maximum Gasteiger partial charge on any atom is 0.416 e. The lowest BCUT2D eigenvalue weighted by Gasteiger charge is -2.10. The van der Waals surface area contributed by atoms with Crippen molar-refractivity contribution < 1.29 is 22.4 Å². The van der Waals surface area contributed by atoms with Gasteiger partial charge in [0.05, 0.1) is 5.56 Å². The average molecular weight is 312 g/mol. The summed E-state index contributed by atoms with van der Waals surface area (Å²) >= 11 is 0. The van der Waals surface area contributed by atoms with Crippen LogP contribution in [0.1, 0.15) is 11.1 Å². The summed E-state index contributed by atoms with van der Waals surface area (Å²) in [6.45, 7) is 0.101. The summed E-state index contributed by atoms with van der Waals surface area (Å²) in [7, 11) is 0. The summed E-state index contributed by atoms with van der Waals surface area (Å²) in [6.07, 6.45) is -4.42. The van der Waals surface area contributed by atoms with Gasteiger partial charge in [-0.2, -0.15) is 13.2 Å². The minimum Gasteiger partial charge on any atom is -0.334 e. The van der Waals surface area contributed by atoms with Crippen LogP contribution in [0.3, 0.4) is 0 Å². The number of urea groups is 1. The molecule has 2 amide bonds. The normalized spacial score (nSPS) is 11.1. The van der Waals surface area contributed by atoms with E-state index < -0.39 is 23.6 Å². The van der Waals surface area contributed by atoms with Crippen LogP contribution in [0.4, 0.5) is 28.0 Å². The lowest BCUT2D eigenvalue weighted by molar-refractivity contribution is -0.137. The van der Waals surface area contributed by atoms with Crippen molar-refractivity contribution in [2.75, 3.05) is 5.32 Å². The van der Waals surface area contributed by atoms with E-state index in [1.165, 1.54) is 18.2 Å². The van der Waals surface area contributed by atoms with Crippen molar-refractivity contribution in [1.82, 2.24) is 5.32 Å². The number of nitrogens with one attached hydrogen (secondary N) is 2. The predicted molar refractivity (Wildman–Crippen MR) is 73.7 cm³/mol. The van der Waals surface area contributed by atoms with Gasteiger partial charge in [0.1, 0.15) is 5.82 Å². The molecule has 0 heterocycles. The van der Waals surface area contributed by atoms with Gasteiger partial charge in [-0.1, -0.05) is 12.1 Å². The third kappa shape index (κ3) is 4.47. The molecule has 0 saturated heterocycles. The molecule has 2 rings (SSSR count). The van der Waals surface area contributed by atoms with Crippen molar-refractivity contribution in [3.05, 3.63) is 65.5 Å². The minimum atomic E-state index is -4.42. The second-order valence-electron chi connectivity index (χ2n) is 4.51. The Labute approximate surface area is 124 Å². The van der Waals surface area contributed by atoms with Gasteiger partial charge in [-0.3, -0.25) is 0 Å². The molecule has 22 heavy (non-hydrogen) atoms. The molecule has 0 aliphatic rings. The first-order valence-corrected chi connectivity index (χ1v) is 6.31. The number of hydrogen-bond acceptors (Lipinski definition) is 1. The molecule has 0 spiro atoms. The van der Waals surface area contributed by atoms with Crippen LogP contribution in [0.5, 0.6) is 0 Å². The molecule has 0 bridgehead atoms. The molecule has 0 aliphatic heterocycles. The molecule has 0 aliphatic carbocycles. The molecule has 2 aromatic rings. The number of amides is 2. The Morgan fingerprint density at radius 1 is 1.05 bits per heavy atom. The highest BCUT2D eigenvalue weighted by Crippen LogP contribution is 2.29. The van der Waals surface area contributed by atoms with Crippen LogP contribution < -0.4 is 10.6 Å². The highest BCUT2D eigenvalue weighted by molar-refractivity contribution is 5.89. The number of carbonyl (C=O) groups is 1. The molecule has 3 nitrogen and oxygen atoms in total. The van der Waals surface area contributed by atoms with E-state index in [2.05, 4.69) is 10.6 Å². The zero-order chi connectivity index (χ0) is 16.2. The third-order valence-corrected chi connectivity index (χ3v) is 2.81. The smallest absolute Gasteiger partial charge is 0.334 e. The van der Waals surface area contributed by atoms with Gasteiger partial charge >= 0.3 is 12.2 Å². The summed E-state index contributed by atoms with van der Waals surface area (Å²) in [6, 6.07) is 9.19. The first kappa shape index (κ1) is 15.8. The van der Waals surface area contributed by atoms with E-state index in [4.69, 9.17) is 0 Å². The minimum absolute atomic E-state index is 0.101. The fourth-order valence-electron chi connectivity index (χ4n) is 1.75. The van der Waals surface area contributed by atoms with Gasteiger partial charge in [-0.05, 0) is 42.0 Å². The lowest BCUT2D eigenvalue weighted by Crippen LogP contribution is -2.28. The van der Waals surface area contributed by atoms with E-state index in [0.29, 0.717) is 5.56 Å². The van der Waals surface area contributed by atoms with Gasteiger partial charge in [0.15, 0.2) is 0 Å². The maximum absolute atomic E-state index is 13.0. The summed E-state index contributed by atoms with van der Waals surface area (Å²) in [4.78, 5) is 11.6. The number of rotatable bonds is 3. The molecule has 2 N–H and O–H groups in total. The molecule has 116 valence electrons. The second-order valence-corrected chi connectivity index (χ2v) is 4.51. The number of halogens is 4. The Balaban J connectivity index is 1.89. The number of anilines is 1. The summed E-state index contributed by atoms with van der Waals surface area (Å²) < 4.78 is 50.1. The Kier molecular flexibility index (Phi) is 4.65. The molecular weight excluding hydrogens is 300 g/mol. The molecule has 0 fully saturated rings. The Bertz CT molecular complexity index is 653. The molecule has 0 unspecified atom stereocenters. The van der Waals surface area contributed by atoms with E-state index in [1.54, 1.807) is 6.07 Å². The van der Waals surface area contributed by atoms with Crippen molar-refractivity contribution in [3.8, 4) is 0 Å². The SMILES string of the molecule is O=C(NCc1cccc(F)c1)Nc1ccc(C(F)(F)F)cc1. The number of hydrogen-bond donors (Lipinski definition) is 2. The Hall–Kier alpha value is -2.57. The Morgan fingerprint density at radius 3 is 2.32 bits per heavy atom. The fourth-order valence-corrected chi connectivity index (χ4v) is 1.75. The van der Waals surface area contributed by atoms with Crippen molar-refractivity contribution >= 4 is 11.7 Å².